The molecule has 0 saturated heterocycles. The highest BCUT2D eigenvalue weighted by atomic mass is 19.3. The minimum atomic E-state index is -2.79. The Morgan fingerprint density at radius 3 is 2.58 bits per heavy atom. The Morgan fingerprint density at radius 1 is 1.21 bits per heavy atom. The Bertz CT molecular complexity index is 585. The van der Waals surface area contributed by atoms with Gasteiger partial charge < -0.3 is 4.74 Å². The number of hydrogen-bond acceptors (Lipinski definition) is 3. The van der Waals surface area contributed by atoms with Crippen molar-refractivity contribution in [3.8, 4) is 5.75 Å². The molecule has 19 heavy (non-hydrogen) atoms. The van der Waals surface area contributed by atoms with E-state index < -0.39 is 17.8 Å². The van der Waals surface area contributed by atoms with Crippen LogP contribution in [-0.4, -0.2) is 17.9 Å². The van der Waals surface area contributed by atoms with E-state index in [1.54, 1.807) is 12.1 Å². The third kappa shape index (κ3) is 2.59. The number of carbonyl (C=O) groups excluding carboxylic acids is 1. The maximum Gasteiger partial charge on any atom is 0.268 e. The van der Waals surface area contributed by atoms with E-state index in [0.717, 1.165) is 0 Å². The average molecular weight is 263 g/mol. The molecule has 0 spiro atoms. The molecule has 3 nitrogen and oxygen atoms in total. The van der Waals surface area contributed by atoms with Gasteiger partial charge in [0, 0.05) is 11.8 Å². The number of methoxy groups -OCH3 is 1. The number of carbonyl (C=O) groups is 1. The van der Waals surface area contributed by atoms with Gasteiger partial charge in [0.25, 0.3) is 6.43 Å². The van der Waals surface area contributed by atoms with E-state index in [2.05, 4.69) is 4.98 Å². The van der Waals surface area contributed by atoms with Crippen molar-refractivity contribution in [3.05, 3.63) is 59.4 Å². The highest BCUT2D eigenvalue weighted by molar-refractivity contribution is 6.09. The highest BCUT2D eigenvalue weighted by Crippen LogP contribution is 2.33. The molecule has 1 heterocycles. The van der Waals surface area contributed by atoms with E-state index in [0.29, 0.717) is 0 Å². The molecule has 0 amide bonds. The normalized spacial score (nSPS) is 10.5. The third-order valence-corrected chi connectivity index (χ3v) is 2.65. The summed E-state index contributed by atoms with van der Waals surface area (Å²) in [6.45, 7) is 0. The maximum absolute atomic E-state index is 13.1. The molecule has 0 radical (unpaired) electrons. The van der Waals surface area contributed by atoms with Crippen molar-refractivity contribution in [2.24, 2.45) is 0 Å². The maximum atomic E-state index is 13.1. The van der Waals surface area contributed by atoms with Gasteiger partial charge in [-0.05, 0) is 18.2 Å². The first-order chi connectivity index (χ1) is 9.15. The van der Waals surface area contributed by atoms with Crippen LogP contribution in [0.4, 0.5) is 8.78 Å². The largest absolute Gasteiger partial charge is 0.496 e. The van der Waals surface area contributed by atoms with Crippen LogP contribution in [0, 0.1) is 0 Å². The molecule has 0 N–H and O–H groups in total. The summed E-state index contributed by atoms with van der Waals surface area (Å²) in [6.07, 6.45) is -1.35. The summed E-state index contributed by atoms with van der Waals surface area (Å²) < 4.78 is 31.1. The van der Waals surface area contributed by atoms with E-state index in [1.807, 2.05) is 0 Å². The van der Waals surface area contributed by atoms with Gasteiger partial charge in [0.05, 0.1) is 12.7 Å². The second kappa shape index (κ2) is 5.56. The van der Waals surface area contributed by atoms with Crippen molar-refractivity contribution in [1.82, 2.24) is 4.98 Å². The van der Waals surface area contributed by atoms with Crippen LogP contribution in [0.25, 0.3) is 0 Å². The zero-order valence-corrected chi connectivity index (χ0v) is 10.1. The number of hydrogen-bond donors (Lipinski definition) is 0. The van der Waals surface area contributed by atoms with E-state index in [4.69, 9.17) is 4.74 Å². The molecule has 1 aromatic heterocycles. The lowest BCUT2D eigenvalue weighted by Crippen LogP contribution is -2.08. The van der Waals surface area contributed by atoms with Gasteiger partial charge in [0.2, 0.25) is 5.78 Å². The number of rotatable bonds is 4. The van der Waals surface area contributed by atoms with Gasteiger partial charge in [0.15, 0.2) is 0 Å². The molecule has 5 heteroatoms. The fourth-order valence-corrected chi connectivity index (χ4v) is 1.78. The SMILES string of the molecule is COc1cccc(C(=O)c2ccccn2)c1C(F)F. The summed E-state index contributed by atoms with van der Waals surface area (Å²) in [5.41, 5.74) is -0.369. The van der Waals surface area contributed by atoms with Crippen LogP contribution in [-0.2, 0) is 0 Å². The Kier molecular flexibility index (Phi) is 3.85. The predicted octanol–water partition coefficient (Wildman–Crippen LogP) is 3.26. The van der Waals surface area contributed by atoms with E-state index in [1.165, 1.54) is 37.6 Å². The number of ketones is 1. The van der Waals surface area contributed by atoms with E-state index >= 15 is 0 Å². The molecule has 0 aliphatic rings. The number of pyridine rings is 1. The number of nitrogens with zero attached hydrogens (tertiary/aromatic N) is 1. The Hall–Kier alpha value is -2.30. The first-order valence-electron chi connectivity index (χ1n) is 5.56. The number of alkyl halides is 2. The molecule has 0 atom stereocenters. The summed E-state index contributed by atoms with van der Waals surface area (Å²) in [6, 6.07) is 9.01. The summed E-state index contributed by atoms with van der Waals surface area (Å²) in [4.78, 5) is 16.1. The van der Waals surface area contributed by atoms with Gasteiger partial charge in [-0.25, -0.2) is 8.78 Å². The van der Waals surface area contributed by atoms with Crippen LogP contribution >= 0.6 is 0 Å². The quantitative estimate of drug-likeness (QED) is 0.795. The summed E-state index contributed by atoms with van der Waals surface area (Å²) >= 11 is 0. The van der Waals surface area contributed by atoms with Crippen LogP contribution in [0.15, 0.2) is 42.6 Å². The first-order valence-corrected chi connectivity index (χ1v) is 5.56. The summed E-state index contributed by atoms with van der Waals surface area (Å²) in [5.74, 6) is -0.549. The second-order valence-electron chi connectivity index (χ2n) is 3.77. The molecular formula is C14H11F2NO2. The Labute approximate surface area is 108 Å². The molecule has 2 aromatic rings. The van der Waals surface area contributed by atoms with Crippen molar-refractivity contribution in [1.29, 1.82) is 0 Å². The number of aromatic nitrogens is 1. The number of halogens is 2. The van der Waals surface area contributed by atoms with Gasteiger partial charge in [-0.15, -0.1) is 0 Å². The highest BCUT2D eigenvalue weighted by Gasteiger charge is 2.23. The number of ether oxygens (including phenoxy) is 1. The molecule has 0 saturated carbocycles. The number of benzene rings is 1. The molecule has 0 aliphatic heterocycles. The molecular weight excluding hydrogens is 252 g/mol. The lowest BCUT2D eigenvalue weighted by molar-refractivity contribution is 0.101. The lowest BCUT2D eigenvalue weighted by atomic mass is 10.0. The van der Waals surface area contributed by atoms with Crippen LogP contribution in [0.3, 0.4) is 0 Å². The van der Waals surface area contributed by atoms with Gasteiger partial charge in [-0.3, -0.25) is 9.78 Å². The Morgan fingerprint density at radius 2 is 2.00 bits per heavy atom. The van der Waals surface area contributed by atoms with Crippen molar-refractivity contribution in [2.75, 3.05) is 7.11 Å². The first kappa shape index (κ1) is 13.1. The molecule has 2 rings (SSSR count). The summed E-state index contributed by atoms with van der Waals surface area (Å²) in [5, 5.41) is 0. The van der Waals surface area contributed by atoms with Crippen molar-refractivity contribution in [2.45, 2.75) is 6.43 Å². The molecule has 0 fully saturated rings. The third-order valence-electron chi connectivity index (χ3n) is 2.65. The van der Waals surface area contributed by atoms with Crippen LogP contribution in [0.5, 0.6) is 5.75 Å². The predicted molar refractivity (Wildman–Crippen MR) is 65.6 cm³/mol. The van der Waals surface area contributed by atoms with E-state index in [9.17, 15) is 13.6 Å². The second-order valence-corrected chi connectivity index (χ2v) is 3.77. The zero-order chi connectivity index (χ0) is 13.8. The van der Waals surface area contributed by atoms with Crippen molar-refractivity contribution >= 4 is 5.78 Å². The minimum Gasteiger partial charge on any atom is -0.496 e. The van der Waals surface area contributed by atoms with E-state index in [-0.39, 0.29) is 17.0 Å². The fraction of sp³-hybridized carbons (Fsp3) is 0.143. The van der Waals surface area contributed by atoms with Crippen LogP contribution in [0.1, 0.15) is 28.0 Å². The standard InChI is InChI=1S/C14H11F2NO2/c1-19-11-7-4-5-9(12(11)14(15)16)13(18)10-6-2-3-8-17-10/h2-8,14H,1H3. The minimum absolute atomic E-state index is 0.00298. The molecule has 1 aromatic carbocycles. The zero-order valence-electron chi connectivity index (χ0n) is 10.1. The van der Waals surface area contributed by atoms with Crippen LogP contribution < -0.4 is 4.74 Å². The molecule has 0 aliphatic carbocycles. The topological polar surface area (TPSA) is 39.2 Å². The fourth-order valence-electron chi connectivity index (χ4n) is 1.78. The molecule has 98 valence electrons. The lowest BCUT2D eigenvalue weighted by Gasteiger charge is -2.12. The average Bonchev–Trinajstić information content (AvgIpc) is 2.46. The van der Waals surface area contributed by atoms with Gasteiger partial charge >= 0.3 is 0 Å². The summed E-state index contributed by atoms with van der Waals surface area (Å²) in [7, 11) is 1.29. The molecule has 0 unspecified atom stereocenters. The molecule has 0 bridgehead atoms. The smallest absolute Gasteiger partial charge is 0.268 e. The van der Waals surface area contributed by atoms with Gasteiger partial charge in [0.1, 0.15) is 11.4 Å². The van der Waals surface area contributed by atoms with Crippen molar-refractivity contribution in [3.63, 3.8) is 0 Å². The Balaban J connectivity index is 2.54. The van der Waals surface area contributed by atoms with Gasteiger partial charge in [-0.1, -0.05) is 18.2 Å². The van der Waals surface area contributed by atoms with Gasteiger partial charge in [-0.2, -0.15) is 0 Å². The van der Waals surface area contributed by atoms with Crippen LogP contribution in [0.2, 0.25) is 0 Å². The van der Waals surface area contributed by atoms with Crippen molar-refractivity contribution < 1.29 is 18.3 Å². The monoisotopic (exact) mass is 263 g/mol.